The predicted molar refractivity (Wildman–Crippen MR) is 171 cm³/mol. The lowest BCUT2D eigenvalue weighted by Gasteiger charge is -2.25. The number of likely N-dealkylation sites (N-methyl/N-ethyl adjacent to an activating group) is 1. The molecule has 3 unspecified atom stereocenters. The molecule has 41 heavy (non-hydrogen) atoms. The minimum Gasteiger partial charge on any atom is -0.387 e. The molecule has 0 heterocycles. The number of allylic oxidation sites excluding steroid dienone is 1. The highest BCUT2D eigenvalue weighted by atomic mass is 31.2. The Hall–Kier alpha value is -0.760. The number of nitrogens with one attached hydrogen (secondary N) is 1. The number of phosphoric acid groups is 1. The van der Waals surface area contributed by atoms with Gasteiger partial charge in [0.1, 0.15) is 13.2 Å². The molecule has 0 aromatic carbocycles. The quantitative estimate of drug-likeness (QED) is 0.0350. The van der Waals surface area contributed by atoms with E-state index in [2.05, 4.69) is 12.2 Å². The number of carbonyl (C=O) groups is 1. The fourth-order valence-corrected chi connectivity index (χ4v) is 5.40. The van der Waals surface area contributed by atoms with E-state index in [1.165, 1.54) is 110 Å². The zero-order valence-electron chi connectivity index (χ0n) is 27.3. The number of aliphatic hydroxyl groups excluding tert-OH is 1. The van der Waals surface area contributed by atoms with Gasteiger partial charge in [-0.3, -0.25) is 13.8 Å². The molecule has 0 fully saturated rings. The van der Waals surface area contributed by atoms with Crippen molar-refractivity contribution in [1.29, 1.82) is 0 Å². The topological polar surface area (TPSA) is 105 Å². The molecule has 0 aliphatic heterocycles. The van der Waals surface area contributed by atoms with Crippen LogP contribution in [0.4, 0.5) is 0 Å². The molecule has 8 nitrogen and oxygen atoms in total. The van der Waals surface area contributed by atoms with Gasteiger partial charge in [-0.2, -0.15) is 0 Å². The van der Waals surface area contributed by atoms with Gasteiger partial charge < -0.3 is 19.8 Å². The highest BCUT2D eigenvalue weighted by Crippen LogP contribution is 2.43. The van der Waals surface area contributed by atoms with Crippen LogP contribution in [0, 0.1) is 0 Å². The summed E-state index contributed by atoms with van der Waals surface area (Å²) in [6.07, 6.45) is 27.6. The van der Waals surface area contributed by atoms with Gasteiger partial charge in [0.15, 0.2) is 0 Å². The molecule has 3 N–H and O–H groups in total. The summed E-state index contributed by atoms with van der Waals surface area (Å²) in [4.78, 5) is 21.5. The Bertz CT molecular complexity index is 698. The van der Waals surface area contributed by atoms with Crippen LogP contribution in [0.2, 0.25) is 0 Å². The number of hydrogen-bond donors (Lipinski definition) is 3. The second-order valence-electron chi connectivity index (χ2n) is 12.6. The maximum absolute atomic E-state index is 12.2. The third-order valence-corrected chi connectivity index (χ3v) is 8.28. The second kappa shape index (κ2) is 25.7. The van der Waals surface area contributed by atoms with Gasteiger partial charge in [0.25, 0.3) is 0 Å². The maximum Gasteiger partial charge on any atom is 0.472 e. The van der Waals surface area contributed by atoms with Crippen molar-refractivity contribution in [1.82, 2.24) is 5.32 Å². The summed E-state index contributed by atoms with van der Waals surface area (Å²) in [5.74, 6) is -0.353. The van der Waals surface area contributed by atoms with Gasteiger partial charge >= 0.3 is 7.82 Å². The minimum absolute atomic E-state index is 0.0595. The first kappa shape index (κ1) is 40.2. The molecule has 0 aromatic heterocycles. The number of carbonyl (C=O) groups excluding carboxylic acids is 1. The summed E-state index contributed by atoms with van der Waals surface area (Å²) in [7, 11) is 1.56. The lowest BCUT2D eigenvalue weighted by molar-refractivity contribution is -0.870. The van der Waals surface area contributed by atoms with Crippen LogP contribution in [0.15, 0.2) is 12.2 Å². The average Bonchev–Trinajstić information content (AvgIpc) is 2.88. The Kier molecular flexibility index (Phi) is 25.2. The zero-order chi connectivity index (χ0) is 30.8. The SMILES string of the molecule is CCCCCCCCCCCCCCCCCCCC/C=C/C(O)C(COP(=O)(O)OCC[N+](C)(C)C)NC(C)=O. The molecule has 0 aliphatic carbocycles. The molecule has 9 heteroatoms. The van der Waals surface area contributed by atoms with Gasteiger partial charge in [0.2, 0.25) is 5.91 Å². The van der Waals surface area contributed by atoms with Gasteiger partial charge in [0, 0.05) is 6.92 Å². The third-order valence-electron chi connectivity index (χ3n) is 7.29. The molecule has 0 rings (SSSR count). The lowest BCUT2D eigenvalue weighted by atomic mass is 10.0. The Morgan fingerprint density at radius 1 is 0.805 bits per heavy atom. The molecule has 0 saturated carbocycles. The molecule has 0 aliphatic rings. The zero-order valence-corrected chi connectivity index (χ0v) is 28.2. The molecule has 0 radical (unpaired) electrons. The van der Waals surface area contributed by atoms with Crippen molar-refractivity contribution in [2.45, 2.75) is 148 Å². The molecular weight excluding hydrogens is 539 g/mol. The van der Waals surface area contributed by atoms with Crippen molar-refractivity contribution in [3.63, 3.8) is 0 Å². The van der Waals surface area contributed by atoms with E-state index in [9.17, 15) is 19.4 Å². The second-order valence-corrected chi connectivity index (χ2v) is 14.1. The smallest absolute Gasteiger partial charge is 0.387 e. The predicted octanol–water partition coefficient (Wildman–Crippen LogP) is 7.68. The first-order valence-electron chi connectivity index (χ1n) is 16.5. The van der Waals surface area contributed by atoms with E-state index in [0.29, 0.717) is 11.0 Å². The van der Waals surface area contributed by atoms with E-state index in [4.69, 9.17) is 9.05 Å². The summed E-state index contributed by atoms with van der Waals surface area (Å²) in [5.41, 5.74) is 0. The minimum atomic E-state index is -4.28. The Morgan fingerprint density at radius 3 is 1.66 bits per heavy atom. The standard InChI is InChI=1S/C32H65N2O6P/c1-6-7-8-9-10-11-12-13-14-15-16-17-18-19-20-21-22-23-24-25-26-32(36)31(33-30(2)35)29-40-41(37,38)39-28-27-34(3,4)5/h25-26,31-32,36H,6-24,27-29H2,1-5H3,(H-,33,35,37,38)/p+1/b26-25+. The lowest BCUT2D eigenvalue weighted by Crippen LogP contribution is -2.44. The number of phosphoric ester groups is 1. The van der Waals surface area contributed by atoms with E-state index >= 15 is 0 Å². The fraction of sp³-hybridized carbons (Fsp3) is 0.906. The summed E-state index contributed by atoms with van der Waals surface area (Å²) in [6.45, 7) is 3.87. The van der Waals surface area contributed by atoms with Crippen molar-refractivity contribution < 1.29 is 32.9 Å². The van der Waals surface area contributed by atoms with Crippen LogP contribution in [-0.4, -0.2) is 73.4 Å². The number of aliphatic hydroxyl groups is 1. The molecule has 3 atom stereocenters. The van der Waals surface area contributed by atoms with Crippen molar-refractivity contribution in [3.05, 3.63) is 12.2 Å². The van der Waals surface area contributed by atoms with Gasteiger partial charge in [-0.05, 0) is 12.8 Å². The molecule has 0 spiro atoms. The van der Waals surface area contributed by atoms with Crippen LogP contribution < -0.4 is 5.32 Å². The Balaban J connectivity index is 3.86. The number of rotatable bonds is 29. The summed E-state index contributed by atoms with van der Waals surface area (Å²) >= 11 is 0. The molecule has 0 saturated heterocycles. The number of nitrogens with zero attached hydrogens (tertiary/aromatic N) is 1. The van der Waals surface area contributed by atoms with E-state index in [1.807, 2.05) is 27.2 Å². The number of hydrogen-bond acceptors (Lipinski definition) is 5. The van der Waals surface area contributed by atoms with Crippen LogP contribution in [0.3, 0.4) is 0 Å². The summed E-state index contributed by atoms with van der Waals surface area (Å²) < 4.78 is 22.8. The average molecular weight is 606 g/mol. The van der Waals surface area contributed by atoms with Crippen LogP contribution in [0.25, 0.3) is 0 Å². The Morgan fingerprint density at radius 2 is 1.24 bits per heavy atom. The molecule has 244 valence electrons. The molecule has 0 bridgehead atoms. The van der Waals surface area contributed by atoms with E-state index in [1.54, 1.807) is 6.08 Å². The molecule has 0 aromatic rings. The first-order valence-corrected chi connectivity index (χ1v) is 18.0. The highest BCUT2D eigenvalue weighted by Gasteiger charge is 2.27. The van der Waals surface area contributed by atoms with Crippen LogP contribution in [0.5, 0.6) is 0 Å². The van der Waals surface area contributed by atoms with Gasteiger partial charge in [0.05, 0.1) is 39.9 Å². The number of unbranched alkanes of at least 4 members (excludes halogenated alkanes) is 18. The maximum atomic E-state index is 12.2. The van der Waals surface area contributed by atoms with E-state index in [0.717, 1.165) is 19.3 Å². The van der Waals surface area contributed by atoms with Crippen molar-refractivity contribution in [2.24, 2.45) is 0 Å². The van der Waals surface area contributed by atoms with Gasteiger partial charge in [-0.15, -0.1) is 0 Å². The van der Waals surface area contributed by atoms with Crippen LogP contribution in [0.1, 0.15) is 136 Å². The van der Waals surface area contributed by atoms with E-state index in [-0.39, 0.29) is 19.1 Å². The van der Waals surface area contributed by atoms with Gasteiger partial charge in [-0.25, -0.2) is 4.57 Å². The number of quaternary nitrogens is 1. The fourth-order valence-electron chi connectivity index (χ4n) is 4.66. The van der Waals surface area contributed by atoms with Crippen molar-refractivity contribution in [2.75, 3.05) is 40.9 Å². The van der Waals surface area contributed by atoms with Crippen LogP contribution >= 0.6 is 7.82 Å². The normalized spacial score (nSPS) is 15.2. The largest absolute Gasteiger partial charge is 0.472 e. The van der Waals surface area contributed by atoms with Gasteiger partial charge in [-0.1, -0.05) is 128 Å². The summed E-state index contributed by atoms with van der Waals surface area (Å²) in [6, 6.07) is -0.841. The Labute approximate surface area is 252 Å². The van der Waals surface area contributed by atoms with Crippen LogP contribution in [-0.2, 0) is 18.4 Å². The van der Waals surface area contributed by atoms with Crippen molar-refractivity contribution >= 4 is 13.7 Å². The molecule has 1 amide bonds. The highest BCUT2D eigenvalue weighted by molar-refractivity contribution is 7.47. The number of amides is 1. The molecular formula is C32H66N2O6P+. The van der Waals surface area contributed by atoms with E-state index < -0.39 is 20.0 Å². The van der Waals surface area contributed by atoms with Crippen molar-refractivity contribution in [3.8, 4) is 0 Å². The monoisotopic (exact) mass is 605 g/mol. The first-order chi connectivity index (χ1) is 19.5. The summed E-state index contributed by atoms with van der Waals surface area (Å²) in [5, 5.41) is 13.1. The third kappa shape index (κ3) is 29.1.